The van der Waals surface area contributed by atoms with Gasteiger partial charge in [-0.05, 0) is 60.7 Å². The number of tetrazole rings is 1. The number of halogens is 2. The van der Waals surface area contributed by atoms with Gasteiger partial charge in [0.05, 0.1) is 0 Å². The third-order valence-corrected chi connectivity index (χ3v) is 3.91. The van der Waals surface area contributed by atoms with Crippen molar-refractivity contribution in [3.05, 3.63) is 64.4 Å². The fourth-order valence-corrected chi connectivity index (χ4v) is 2.33. The summed E-state index contributed by atoms with van der Waals surface area (Å²) in [5, 5.41) is 12.2. The number of nitrogens with zero attached hydrogens (tertiary/aromatic N) is 4. The van der Waals surface area contributed by atoms with Gasteiger partial charge in [-0.1, -0.05) is 15.9 Å². The van der Waals surface area contributed by atoms with Crippen LogP contribution in [0, 0.1) is 5.82 Å². The summed E-state index contributed by atoms with van der Waals surface area (Å²) in [4.78, 5) is 13.7. The van der Waals surface area contributed by atoms with Crippen molar-refractivity contribution in [3.8, 4) is 11.4 Å². The summed E-state index contributed by atoms with van der Waals surface area (Å²) in [6, 6.07) is 12.2. The van der Waals surface area contributed by atoms with Crippen molar-refractivity contribution in [1.82, 2.24) is 20.2 Å². The van der Waals surface area contributed by atoms with Crippen LogP contribution in [0.2, 0.25) is 0 Å². The predicted molar refractivity (Wildman–Crippen MR) is 86.4 cm³/mol. The van der Waals surface area contributed by atoms with Gasteiger partial charge in [-0.2, -0.15) is 4.80 Å². The van der Waals surface area contributed by atoms with Crippen LogP contribution < -0.4 is 0 Å². The first-order valence-corrected chi connectivity index (χ1v) is 7.69. The molecule has 3 rings (SSSR count). The summed E-state index contributed by atoms with van der Waals surface area (Å²) < 4.78 is 13.9. The van der Waals surface area contributed by atoms with E-state index in [1.54, 1.807) is 6.92 Å². The molecular formula is C16H12BrFN4O. The molecule has 0 spiro atoms. The number of ketones is 1. The second-order valence-electron chi connectivity index (χ2n) is 4.99. The number of benzene rings is 2. The minimum absolute atomic E-state index is 0.204. The first-order chi connectivity index (χ1) is 11.0. The number of carbonyl (C=O) groups is 1. The van der Waals surface area contributed by atoms with Crippen LogP contribution in [0.1, 0.15) is 23.3 Å². The smallest absolute Gasteiger partial charge is 0.204 e. The van der Waals surface area contributed by atoms with Crippen molar-refractivity contribution in [1.29, 1.82) is 0 Å². The zero-order valence-electron chi connectivity index (χ0n) is 12.1. The predicted octanol–water partition coefficient (Wildman–Crippen LogP) is 3.69. The van der Waals surface area contributed by atoms with E-state index in [-0.39, 0.29) is 11.6 Å². The molecule has 0 saturated carbocycles. The zero-order chi connectivity index (χ0) is 16.4. The van der Waals surface area contributed by atoms with Crippen molar-refractivity contribution < 1.29 is 9.18 Å². The summed E-state index contributed by atoms with van der Waals surface area (Å²) in [5.41, 5.74) is 1.21. The molecule has 0 aliphatic heterocycles. The van der Waals surface area contributed by atoms with Gasteiger partial charge in [0.1, 0.15) is 11.9 Å². The Kier molecular flexibility index (Phi) is 4.29. The molecule has 0 radical (unpaired) electrons. The molecule has 0 N–H and O–H groups in total. The zero-order valence-corrected chi connectivity index (χ0v) is 13.7. The fourth-order valence-electron chi connectivity index (χ4n) is 2.06. The maximum Gasteiger partial charge on any atom is 0.204 e. The molecule has 0 aliphatic carbocycles. The lowest BCUT2D eigenvalue weighted by Crippen LogP contribution is -2.19. The van der Waals surface area contributed by atoms with Gasteiger partial charge in [0.2, 0.25) is 5.82 Å². The molecule has 0 fully saturated rings. The number of aromatic nitrogens is 4. The standard InChI is InChI=1S/C16H12BrFN4O/c1-10(15(23)11-4-8-14(18)9-5-11)22-20-16(19-21-22)12-2-6-13(17)7-3-12/h2-10H,1H3/t10-/m1/s1. The van der Waals surface area contributed by atoms with Crippen LogP contribution in [-0.2, 0) is 0 Å². The number of Topliss-reactive ketones (excluding diaryl/α,β-unsaturated/α-hetero) is 1. The Balaban J connectivity index is 1.83. The lowest BCUT2D eigenvalue weighted by Gasteiger charge is -2.08. The van der Waals surface area contributed by atoms with Gasteiger partial charge < -0.3 is 0 Å². The highest BCUT2D eigenvalue weighted by atomic mass is 79.9. The summed E-state index contributed by atoms with van der Waals surface area (Å²) in [7, 11) is 0. The Bertz CT molecular complexity index is 830. The molecular weight excluding hydrogens is 363 g/mol. The minimum atomic E-state index is -0.628. The molecule has 0 aliphatic rings. The van der Waals surface area contributed by atoms with E-state index in [1.165, 1.54) is 29.1 Å². The highest BCUT2D eigenvalue weighted by Gasteiger charge is 2.20. The van der Waals surface area contributed by atoms with Gasteiger partial charge in [0, 0.05) is 15.6 Å². The molecule has 0 unspecified atom stereocenters. The molecule has 7 heteroatoms. The van der Waals surface area contributed by atoms with E-state index in [9.17, 15) is 9.18 Å². The monoisotopic (exact) mass is 374 g/mol. The topological polar surface area (TPSA) is 60.7 Å². The van der Waals surface area contributed by atoms with Gasteiger partial charge in [0.25, 0.3) is 0 Å². The summed E-state index contributed by atoms with van der Waals surface area (Å²) >= 11 is 3.36. The Morgan fingerprint density at radius 3 is 2.43 bits per heavy atom. The molecule has 1 atom stereocenters. The van der Waals surface area contributed by atoms with E-state index in [2.05, 4.69) is 31.3 Å². The average Bonchev–Trinajstić information content (AvgIpc) is 3.05. The van der Waals surface area contributed by atoms with Crippen molar-refractivity contribution in [3.63, 3.8) is 0 Å². The maximum absolute atomic E-state index is 12.9. The van der Waals surface area contributed by atoms with E-state index in [1.807, 2.05) is 24.3 Å². The molecule has 2 aromatic carbocycles. The second-order valence-corrected chi connectivity index (χ2v) is 5.90. The Hall–Kier alpha value is -2.41. The SMILES string of the molecule is C[C@H](C(=O)c1ccc(F)cc1)n1nnc(-c2ccc(Br)cc2)n1. The molecule has 23 heavy (non-hydrogen) atoms. The molecule has 1 aromatic heterocycles. The van der Waals surface area contributed by atoms with E-state index < -0.39 is 6.04 Å². The van der Waals surface area contributed by atoms with Gasteiger partial charge in [-0.3, -0.25) is 4.79 Å². The van der Waals surface area contributed by atoms with Gasteiger partial charge >= 0.3 is 0 Å². The number of carbonyl (C=O) groups excluding carboxylic acids is 1. The lowest BCUT2D eigenvalue weighted by molar-refractivity contribution is 0.0918. The summed E-state index contributed by atoms with van der Waals surface area (Å²) in [5.74, 6) is -0.147. The van der Waals surface area contributed by atoms with E-state index in [0.29, 0.717) is 11.4 Å². The van der Waals surface area contributed by atoms with Crippen LogP contribution in [0.3, 0.4) is 0 Å². The minimum Gasteiger partial charge on any atom is -0.292 e. The van der Waals surface area contributed by atoms with Gasteiger partial charge in [0.15, 0.2) is 5.78 Å². The molecule has 116 valence electrons. The van der Waals surface area contributed by atoms with Gasteiger partial charge in [-0.15, -0.1) is 10.2 Å². The van der Waals surface area contributed by atoms with Crippen LogP contribution in [0.25, 0.3) is 11.4 Å². The highest BCUT2D eigenvalue weighted by Crippen LogP contribution is 2.19. The number of hydrogen-bond donors (Lipinski definition) is 0. The number of rotatable bonds is 4. The molecule has 0 saturated heterocycles. The normalized spacial score (nSPS) is 12.1. The van der Waals surface area contributed by atoms with Crippen molar-refractivity contribution in [2.75, 3.05) is 0 Å². The van der Waals surface area contributed by atoms with E-state index in [0.717, 1.165) is 10.0 Å². The molecule has 1 heterocycles. The third-order valence-electron chi connectivity index (χ3n) is 3.39. The molecule has 0 amide bonds. The molecule has 5 nitrogen and oxygen atoms in total. The maximum atomic E-state index is 12.9. The van der Waals surface area contributed by atoms with Crippen LogP contribution >= 0.6 is 15.9 Å². The van der Waals surface area contributed by atoms with E-state index in [4.69, 9.17) is 0 Å². The fraction of sp³-hybridized carbons (Fsp3) is 0.125. The molecule has 3 aromatic rings. The lowest BCUT2D eigenvalue weighted by atomic mass is 10.1. The largest absolute Gasteiger partial charge is 0.292 e. The van der Waals surface area contributed by atoms with Crippen molar-refractivity contribution >= 4 is 21.7 Å². The Morgan fingerprint density at radius 2 is 1.78 bits per heavy atom. The first kappa shape index (κ1) is 15.5. The second kappa shape index (κ2) is 6.37. The van der Waals surface area contributed by atoms with Gasteiger partial charge in [-0.25, -0.2) is 4.39 Å². The summed E-state index contributed by atoms with van der Waals surface area (Å²) in [6.07, 6.45) is 0. The quantitative estimate of drug-likeness (QED) is 0.653. The van der Waals surface area contributed by atoms with E-state index >= 15 is 0 Å². The number of hydrogen-bond acceptors (Lipinski definition) is 4. The third kappa shape index (κ3) is 3.34. The summed E-state index contributed by atoms with van der Waals surface area (Å²) in [6.45, 7) is 1.68. The highest BCUT2D eigenvalue weighted by molar-refractivity contribution is 9.10. The Labute approximate surface area is 140 Å². The van der Waals surface area contributed by atoms with Crippen LogP contribution in [0.5, 0.6) is 0 Å². The Morgan fingerprint density at radius 1 is 1.13 bits per heavy atom. The molecule has 0 bridgehead atoms. The van der Waals surface area contributed by atoms with Crippen molar-refractivity contribution in [2.45, 2.75) is 13.0 Å². The van der Waals surface area contributed by atoms with Crippen molar-refractivity contribution in [2.24, 2.45) is 0 Å². The van der Waals surface area contributed by atoms with Crippen LogP contribution in [-0.4, -0.2) is 26.0 Å². The van der Waals surface area contributed by atoms with Crippen LogP contribution in [0.4, 0.5) is 4.39 Å². The first-order valence-electron chi connectivity index (χ1n) is 6.90. The van der Waals surface area contributed by atoms with Crippen LogP contribution in [0.15, 0.2) is 53.0 Å². The average molecular weight is 375 g/mol.